The predicted molar refractivity (Wildman–Crippen MR) is 143 cm³/mol. The molecular weight excluding hydrogens is 478 g/mol. The molecule has 3 aliphatic rings. The third kappa shape index (κ3) is 4.76. The third-order valence-electron chi connectivity index (χ3n) is 7.28. The van der Waals surface area contributed by atoms with Crippen LogP contribution < -0.4 is 20.9 Å². The lowest BCUT2D eigenvalue weighted by molar-refractivity contribution is 0.122. The fraction of sp³-hybridized carbons (Fsp3) is 0.625. The molecule has 2 aromatic rings. The molecule has 1 unspecified atom stereocenters. The quantitative estimate of drug-likeness (QED) is 0.490. The van der Waals surface area contributed by atoms with Crippen molar-refractivity contribution in [2.45, 2.75) is 44.7 Å². The van der Waals surface area contributed by atoms with Crippen LogP contribution in [0.1, 0.15) is 32.8 Å². The number of hydrogen-bond donors (Lipinski definition) is 3. The van der Waals surface area contributed by atoms with Crippen molar-refractivity contribution in [2.75, 3.05) is 68.1 Å². The Morgan fingerprint density at radius 2 is 1.92 bits per heavy atom. The van der Waals surface area contributed by atoms with Crippen LogP contribution in [0.25, 0.3) is 11.3 Å². The van der Waals surface area contributed by atoms with Gasteiger partial charge < -0.3 is 35.6 Å². The highest BCUT2D eigenvalue weighted by molar-refractivity contribution is 7.80. The molecule has 0 bridgehead atoms. The molecule has 0 radical (unpaired) electrons. The Hall–Kier alpha value is -2.83. The first-order chi connectivity index (χ1) is 17.2. The molecule has 5 rings (SSSR count). The maximum atomic E-state index is 9.65. The fourth-order valence-electron chi connectivity index (χ4n) is 5.12. The number of ether oxygens (including phenoxy) is 1. The van der Waals surface area contributed by atoms with Gasteiger partial charge in [0.2, 0.25) is 11.9 Å². The van der Waals surface area contributed by atoms with Crippen molar-refractivity contribution in [3.63, 3.8) is 0 Å². The number of aromatic nitrogens is 4. The lowest BCUT2D eigenvalue weighted by Gasteiger charge is -2.38. The van der Waals surface area contributed by atoms with Gasteiger partial charge >= 0.3 is 0 Å². The molecule has 12 heteroatoms. The lowest BCUT2D eigenvalue weighted by atomic mass is 9.99. The van der Waals surface area contributed by atoms with E-state index in [1.807, 2.05) is 13.8 Å². The summed E-state index contributed by atoms with van der Waals surface area (Å²) in [5.41, 5.74) is 7.96. The molecule has 0 amide bonds. The number of morpholine rings is 1. The van der Waals surface area contributed by atoms with Gasteiger partial charge in [0.25, 0.3) is 0 Å². The Morgan fingerprint density at radius 1 is 1.19 bits per heavy atom. The maximum absolute atomic E-state index is 9.65. The second-order valence-electron chi connectivity index (χ2n) is 10.6. The highest BCUT2D eigenvalue weighted by atomic mass is 32.1. The first-order valence-electron chi connectivity index (χ1n) is 12.5. The van der Waals surface area contributed by atoms with Gasteiger partial charge in [-0.05, 0) is 45.8 Å². The lowest BCUT2D eigenvalue weighted by Crippen LogP contribution is -2.53. The van der Waals surface area contributed by atoms with Crippen molar-refractivity contribution in [1.82, 2.24) is 30.2 Å². The highest BCUT2D eigenvalue weighted by Crippen LogP contribution is 2.41. The summed E-state index contributed by atoms with van der Waals surface area (Å²) in [5.74, 6) is 1.92. The first kappa shape index (κ1) is 24.8. The van der Waals surface area contributed by atoms with E-state index < -0.39 is 5.54 Å². The largest absolute Gasteiger partial charge is 0.394 e. The molecule has 2 aromatic heterocycles. The summed E-state index contributed by atoms with van der Waals surface area (Å²) < 4.78 is 5.56. The number of rotatable bonds is 5. The number of nitrogens with one attached hydrogen (secondary N) is 1. The van der Waals surface area contributed by atoms with Gasteiger partial charge in [-0.3, -0.25) is 0 Å². The van der Waals surface area contributed by atoms with Gasteiger partial charge in [0, 0.05) is 56.2 Å². The average molecular weight is 514 g/mol. The topological polar surface area (TPSA) is 129 Å². The Kier molecular flexibility index (Phi) is 6.60. The van der Waals surface area contributed by atoms with Gasteiger partial charge in [0.1, 0.15) is 5.82 Å². The summed E-state index contributed by atoms with van der Waals surface area (Å²) in [4.78, 5) is 25.3. The number of aliphatic hydroxyl groups excluding tert-OH is 1. The number of aliphatic hydroxyl groups is 1. The third-order valence-corrected chi connectivity index (χ3v) is 7.65. The molecule has 0 spiro atoms. The van der Waals surface area contributed by atoms with Gasteiger partial charge in [-0.15, -0.1) is 0 Å². The number of nitrogens with zero attached hydrogens (tertiary/aromatic N) is 7. The molecular formula is C24H35N9O2S. The molecule has 11 nitrogen and oxygen atoms in total. The minimum absolute atomic E-state index is 0.0105. The number of fused-ring (bicyclic) bond motifs is 1. The second kappa shape index (κ2) is 9.56. The Labute approximate surface area is 217 Å². The number of thiocarbonyl (C=S) groups is 1. The summed E-state index contributed by atoms with van der Waals surface area (Å²) >= 11 is 5.70. The summed E-state index contributed by atoms with van der Waals surface area (Å²) in [6, 6.07) is 0. The smallest absolute Gasteiger partial charge is 0.228 e. The zero-order chi connectivity index (χ0) is 25.5. The van der Waals surface area contributed by atoms with Crippen LogP contribution in [0.5, 0.6) is 0 Å². The van der Waals surface area contributed by atoms with Crippen molar-refractivity contribution in [2.24, 2.45) is 0 Å². The Morgan fingerprint density at radius 3 is 2.61 bits per heavy atom. The minimum Gasteiger partial charge on any atom is -0.394 e. The number of likely N-dealkylation sites (tertiary alicyclic amines) is 1. The van der Waals surface area contributed by atoms with E-state index in [9.17, 15) is 5.11 Å². The molecule has 5 heterocycles. The Bertz CT molecular complexity index is 1120. The molecule has 36 heavy (non-hydrogen) atoms. The summed E-state index contributed by atoms with van der Waals surface area (Å²) in [5, 5.41) is 13.6. The fourth-order valence-corrected chi connectivity index (χ4v) is 5.55. The van der Waals surface area contributed by atoms with E-state index in [1.165, 1.54) is 0 Å². The number of nitrogen functional groups attached to an aromatic ring is 1. The second-order valence-corrected chi connectivity index (χ2v) is 11.0. The van der Waals surface area contributed by atoms with Crippen LogP contribution in [-0.2, 0) is 11.2 Å². The van der Waals surface area contributed by atoms with Crippen molar-refractivity contribution in [3.8, 4) is 11.3 Å². The Balaban J connectivity index is 1.47. The zero-order valence-corrected chi connectivity index (χ0v) is 22.0. The number of hydrogen-bond acceptors (Lipinski definition) is 10. The van der Waals surface area contributed by atoms with E-state index in [1.54, 1.807) is 12.4 Å². The molecule has 1 atom stereocenters. The molecule has 0 saturated carbocycles. The van der Waals surface area contributed by atoms with E-state index in [0.29, 0.717) is 24.3 Å². The van der Waals surface area contributed by atoms with E-state index in [0.717, 1.165) is 68.2 Å². The molecule has 194 valence electrons. The van der Waals surface area contributed by atoms with Crippen LogP contribution in [-0.4, -0.2) is 98.7 Å². The van der Waals surface area contributed by atoms with E-state index >= 15 is 0 Å². The summed E-state index contributed by atoms with van der Waals surface area (Å²) in [7, 11) is 0. The molecule has 3 aliphatic heterocycles. The number of nitrogens with two attached hydrogens (primary N) is 1. The van der Waals surface area contributed by atoms with E-state index in [2.05, 4.69) is 36.9 Å². The minimum atomic E-state index is -0.466. The average Bonchev–Trinajstić information content (AvgIpc) is 3.49. The van der Waals surface area contributed by atoms with Crippen LogP contribution in [0.2, 0.25) is 0 Å². The summed E-state index contributed by atoms with van der Waals surface area (Å²) in [6.07, 6.45) is 5.27. The standard InChI is InChI=1S/C24H35N9O2S/c1-23(2,15-34)30-22(36)32-7-5-24(3,14-32)33-6-4-17-18(16-12-26-20(25)27-13-16)28-21(29-19(17)33)31-8-10-35-11-9-31/h12-13,34H,4-11,14-15H2,1-3H3,(H,30,36)(H2,25,26,27). The van der Waals surface area contributed by atoms with E-state index in [4.69, 9.17) is 32.7 Å². The van der Waals surface area contributed by atoms with Crippen molar-refractivity contribution >= 4 is 35.0 Å². The molecule has 0 aromatic carbocycles. The van der Waals surface area contributed by atoms with Gasteiger partial charge in [-0.2, -0.15) is 4.98 Å². The molecule has 4 N–H and O–H groups in total. The maximum Gasteiger partial charge on any atom is 0.228 e. The normalized spacial score (nSPS) is 22.2. The zero-order valence-electron chi connectivity index (χ0n) is 21.2. The molecule has 2 saturated heterocycles. The van der Waals surface area contributed by atoms with Crippen molar-refractivity contribution in [1.29, 1.82) is 0 Å². The van der Waals surface area contributed by atoms with Gasteiger partial charge in [0.15, 0.2) is 5.11 Å². The van der Waals surface area contributed by atoms with Crippen LogP contribution in [0.4, 0.5) is 17.7 Å². The van der Waals surface area contributed by atoms with E-state index in [-0.39, 0.29) is 18.1 Å². The van der Waals surface area contributed by atoms with Gasteiger partial charge in [-0.1, -0.05) is 0 Å². The van der Waals surface area contributed by atoms with Crippen LogP contribution in [0.3, 0.4) is 0 Å². The van der Waals surface area contributed by atoms with Gasteiger partial charge in [-0.25, -0.2) is 15.0 Å². The van der Waals surface area contributed by atoms with Crippen molar-refractivity contribution < 1.29 is 9.84 Å². The van der Waals surface area contributed by atoms with Crippen LogP contribution >= 0.6 is 12.2 Å². The van der Waals surface area contributed by atoms with Crippen LogP contribution in [0, 0.1) is 0 Å². The first-order valence-corrected chi connectivity index (χ1v) is 12.9. The van der Waals surface area contributed by atoms with Crippen LogP contribution in [0.15, 0.2) is 12.4 Å². The molecule has 2 fully saturated rings. The number of anilines is 3. The summed E-state index contributed by atoms with van der Waals surface area (Å²) in [6.45, 7) is 11.5. The SMILES string of the molecule is CC(C)(CO)NC(=S)N1CCC(C)(N2CCc3c(-c4cnc(N)nc4)nc(N4CCOCC4)nc32)C1. The van der Waals surface area contributed by atoms with Gasteiger partial charge in [0.05, 0.1) is 36.6 Å². The monoisotopic (exact) mass is 513 g/mol. The van der Waals surface area contributed by atoms with Crippen molar-refractivity contribution in [3.05, 3.63) is 18.0 Å². The predicted octanol–water partition coefficient (Wildman–Crippen LogP) is 0.825. The highest BCUT2D eigenvalue weighted by Gasteiger charge is 2.44. The molecule has 0 aliphatic carbocycles.